The van der Waals surface area contributed by atoms with Crippen LogP contribution < -0.4 is 5.32 Å². The quantitative estimate of drug-likeness (QED) is 0.816. The average Bonchev–Trinajstić information content (AvgIpc) is 3.11. The van der Waals surface area contributed by atoms with Gasteiger partial charge in [0.15, 0.2) is 0 Å². The van der Waals surface area contributed by atoms with E-state index in [4.69, 9.17) is 0 Å². The van der Waals surface area contributed by atoms with Crippen LogP contribution in [0.2, 0.25) is 0 Å². The van der Waals surface area contributed by atoms with Crippen LogP contribution in [0.3, 0.4) is 0 Å². The third kappa shape index (κ3) is 4.33. The lowest BCUT2D eigenvalue weighted by Gasteiger charge is -2.21. The van der Waals surface area contributed by atoms with Gasteiger partial charge in [0, 0.05) is 18.0 Å². The predicted molar refractivity (Wildman–Crippen MR) is 92.8 cm³/mol. The molecule has 0 aliphatic rings. The van der Waals surface area contributed by atoms with Crippen molar-refractivity contribution in [3.8, 4) is 0 Å². The molecule has 0 unspecified atom stereocenters. The molecule has 126 valence electrons. The molecule has 0 spiro atoms. The summed E-state index contributed by atoms with van der Waals surface area (Å²) in [5.74, 6) is 0. The summed E-state index contributed by atoms with van der Waals surface area (Å²) in [5, 5.41) is 18.6. The second kappa shape index (κ2) is 8.12. The number of carbonyl (C=O) groups excluding carboxylic acids is 1. The van der Waals surface area contributed by atoms with Crippen molar-refractivity contribution in [2.24, 2.45) is 0 Å². The molecule has 2 aromatic rings. The van der Waals surface area contributed by atoms with Gasteiger partial charge >= 0.3 is 6.03 Å². The van der Waals surface area contributed by atoms with Crippen LogP contribution in [0.1, 0.15) is 29.6 Å². The van der Waals surface area contributed by atoms with E-state index in [-0.39, 0.29) is 12.6 Å². The molecule has 6 nitrogen and oxygen atoms in total. The molecule has 7 heteroatoms. The first-order valence-corrected chi connectivity index (χ1v) is 8.68. The van der Waals surface area contributed by atoms with E-state index in [1.165, 1.54) is 0 Å². The first-order valence-electron chi connectivity index (χ1n) is 7.80. The van der Waals surface area contributed by atoms with E-state index in [0.29, 0.717) is 13.1 Å². The van der Waals surface area contributed by atoms with Gasteiger partial charge in [0.1, 0.15) is 0 Å². The normalized spacial score (nSPS) is 10.8. The number of aromatic nitrogens is 2. The second-order valence-corrected chi connectivity index (χ2v) is 6.46. The molecule has 2 heterocycles. The molecule has 2 aromatic heterocycles. The molecule has 0 fully saturated rings. The highest BCUT2D eigenvalue weighted by molar-refractivity contribution is 7.09. The Morgan fingerprint density at radius 2 is 2.26 bits per heavy atom. The number of nitrogens with one attached hydrogen (secondary N) is 1. The second-order valence-electron chi connectivity index (χ2n) is 5.42. The van der Waals surface area contributed by atoms with Gasteiger partial charge in [-0.2, -0.15) is 5.10 Å². The molecular formula is C16H24N4O2S. The Balaban J connectivity index is 2.12. The first kappa shape index (κ1) is 17.5. The number of hydrogen-bond acceptors (Lipinski definition) is 4. The van der Waals surface area contributed by atoms with Crippen molar-refractivity contribution in [3.05, 3.63) is 33.8 Å². The summed E-state index contributed by atoms with van der Waals surface area (Å²) in [6.07, 6.45) is 0.990. The molecule has 2 N–H and O–H groups in total. The monoisotopic (exact) mass is 336 g/mol. The zero-order valence-electron chi connectivity index (χ0n) is 13.9. The third-order valence-corrected chi connectivity index (χ3v) is 4.49. The number of hydrogen-bond donors (Lipinski definition) is 2. The number of carbonyl (C=O) groups is 1. The summed E-state index contributed by atoms with van der Waals surface area (Å²) < 4.78 is 1.92. The molecule has 0 bridgehead atoms. The Kier molecular flexibility index (Phi) is 6.18. The first-order chi connectivity index (χ1) is 11.1. The molecule has 23 heavy (non-hydrogen) atoms. The fourth-order valence-corrected chi connectivity index (χ4v) is 3.18. The van der Waals surface area contributed by atoms with Crippen molar-refractivity contribution in [3.63, 3.8) is 0 Å². The maximum Gasteiger partial charge on any atom is 0.322 e. The lowest BCUT2D eigenvalue weighted by Crippen LogP contribution is -2.36. The van der Waals surface area contributed by atoms with E-state index < -0.39 is 0 Å². The number of aliphatic hydroxyl groups excluding tert-OH is 1. The largest absolute Gasteiger partial charge is 0.395 e. The minimum absolute atomic E-state index is 0.0636. The molecule has 0 aromatic carbocycles. The van der Waals surface area contributed by atoms with Gasteiger partial charge in [0.05, 0.1) is 30.2 Å². The molecule has 2 amide bonds. The molecule has 0 aliphatic heterocycles. The highest BCUT2D eigenvalue weighted by atomic mass is 32.1. The fourth-order valence-electron chi connectivity index (χ4n) is 2.46. The van der Waals surface area contributed by atoms with Crippen LogP contribution in [0.25, 0.3) is 0 Å². The predicted octanol–water partition coefficient (Wildman–Crippen LogP) is 3.00. The number of thiophene rings is 1. The van der Waals surface area contributed by atoms with Crippen LogP contribution in [0.15, 0.2) is 17.5 Å². The van der Waals surface area contributed by atoms with Crippen LogP contribution >= 0.6 is 11.3 Å². The summed E-state index contributed by atoms with van der Waals surface area (Å²) in [5.41, 5.74) is 2.53. The van der Waals surface area contributed by atoms with Gasteiger partial charge in [-0.15, -0.1) is 11.3 Å². The van der Waals surface area contributed by atoms with Crippen LogP contribution in [-0.4, -0.2) is 39.0 Å². The zero-order valence-corrected chi connectivity index (χ0v) is 14.7. The number of anilines is 1. The maximum atomic E-state index is 12.6. The number of amides is 2. The molecule has 0 saturated heterocycles. The van der Waals surface area contributed by atoms with E-state index in [2.05, 4.69) is 17.3 Å². The number of urea groups is 1. The molecular weight excluding hydrogens is 312 g/mol. The molecule has 0 saturated carbocycles. The number of rotatable bonds is 7. The van der Waals surface area contributed by atoms with Gasteiger partial charge in [0.2, 0.25) is 0 Å². The summed E-state index contributed by atoms with van der Waals surface area (Å²) in [6, 6.07) is 3.73. The Hall–Kier alpha value is -1.86. The fraction of sp³-hybridized carbons (Fsp3) is 0.500. The topological polar surface area (TPSA) is 70.4 Å². The van der Waals surface area contributed by atoms with E-state index in [1.807, 2.05) is 36.0 Å². The number of aliphatic hydroxyl groups is 1. The molecule has 2 rings (SSSR count). The lowest BCUT2D eigenvalue weighted by atomic mass is 10.3. The number of aryl methyl sites for hydroxylation is 2. The van der Waals surface area contributed by atoms with E-state index >= 15 is 0 Å². The minimum atomic E-state index is -0.213. The maximum absolute atomic E-state index is 12.6. The van der Waals surface area contributed by atoms with Gasteiger partial charge in [-0.25, -0.2) is 4.79 Å². The van der Waals surface area contributed by atoms with Crippen molar-refractivity contribution >= 4 is 23.1 Å². The number of nitrogens with zero attached hydrogens (tertiary/aromatic N) is 3. The Bertz CT molecular complexity index is 637. The van der Waals surface area contributed by atoms with Crippen molar-refractivity contribution in [1.82, 2.24) is 14.7 Å². The van der Waals surface area contributed by atoms with Crippen LogP contribution in [-0.2, 0) is 13.1 Å². The Morgan fingerprint density at radius 3 is 2.87 bits per heavy atom. The van der Waals surface area contributed by atoms with Gasteiger partial charge in [0.25, 0.3) is 0 Å². The van der Waals surface area contributed by atoms with E-state index in [0.717, 1.165) is 34.9 Å². The summed E-state index contributed by atoms with van der Waals surface area (Å²) in [4.78, 5) is 15.3. The highest BCUT2D eigenvalue weighted by Crippen LogP contribution is 2.21. The highest BCUT2D eigenvalue weighted by Gasteiger charge is 2.18. The SMILES string of the molecule is CCCn1nc(C)c(NC(=O)N(CCO)Cc2cccs2)c1C. The van der Waals surface area contributed by atoms with Crippen molar-refractivity contribution in [2.75, 3.05) is 18.5 Å². The van der Waals surface area contributed by atoms with E-state index in [1.54, 1.807) is 16.2 Å². The Labute approximate surface area is 140 Å². The standard InChI is InChI=1S/C16H24N4O2S/c1-4-7-20-13(3)15(12(2)18-20)17-16(22)19(8-9-21)11-14-6-5-10-23-14/h5-6,10,21H,4,7-9,11H2,1-3H3,(H,17,22). The third-order valence-electron chi connectivity index (χ3n) is 3.63. The average molecular weight is 336 g/mol. The van der Waals surface area contributed by atoms with Crippen LogP contribution in [0, 0.1) is 13.8 Å². The van der Waals surface area contributed by atoms with Gasteiger partial charge in [-0.1, -0.05) is 13.0 Å². The van der Waals surface area contributed by atoms with Crippen LogP contribution in [0.5, 0.6) is 0 Å². The van der Waals surface area contributed by atoms with Crippen molar-refractivity contribution in [1.29, 1.82) is 0 Å². The lowest BCUT2D eigenvalue weighted by molar-refractivity contribution is 0.186. The summed E-state index contributed by atoms with van der Waals surface area (Å²) in [7, 11) is 0. The minimum Gasteiger partial charge on any atom is -0.395 e. The summed E-state index contributed by atoms with van der Waals surface area (Å²) >= 11 is 1.60. The molecule has 0 atom stereocenters. The Morgan fingerprint density at radius 1 is 1.48 bits per heavy atom. The smallest absolute Gasteiger partial charge is 0.322 e. The zero-order chi connectivity index (χ0) is 16.8. The van der Waals surface area contributed by atoms with Crippen molar-refractivity contribution < 1.29 is 9.90 Å². The van der Waals surface area contributed by atoms with E-state index in [9.17, 15) is 9.90 Å². The summed E-state index contributed by atoms with van der Waals surface area (Å²) in [6.45, 7) is 7.50. The van der Waals surface area contributed by atoms with Crippen molar-refractivity contribution in [2.45, 2.75) is 40.3 Å². The van der Waals surface area contributed by atoms with Gasteiger partial charge in [-0.05, 0) is 31.7 Å². The van der Waals surface area contributed by atoms with Gasteiger partial charge in [-0.3, -0.25) is 4.68 Å². The molecule has 0 radical (unpaired) electrons. The molecule has 0 aliphatic carbocycles. The van der Waals surface area contributed by atoms with Gasteiger partial charge < -0.3 is 15.3 Å². The van der Waals surface area contributed by atoms with Crippen LogP contribution in [0.4, 0.5) is 10.5 Å².